The van der Waals surface area contributed by atoms with E-state index < -0.39 is 21.9 Å². The van der Waals surface area contributed by atoms with Crippen LogP contribution < -0.4 is 9.46 Å². The number of aliphatic hydroxyl groups excluding tert-OH is 1. The van der Waals surface area contributed by atoms with Gasteiger partial charge in [0.2, 0.25) is 10.0 Å². The third-order valence-corrected chi connectivity index (χ3v) is 4.61. The van der Waals surface area contributed by atoms with Gasteiger partial charge in [0, 0.05) is 5.56 Å². The van der Waals surface area contributed by atoms with Gasteiger partial charge in [-0.1, -0.05) is 18.2 Å². The van der Waals surface area contributed by atoms with Crippen LogP contribution >= 0.6 is 0 Å². The summed E-state index contributed by atoms with van der Waals surface area (Å²) in [5.74, 6) is 0.705. The van der Waals surface area contributed by atoms with E-state index in [0.717, 1.165) is 5.56 Å². The average Bonchev–Trinajstić information content (AvgIpc) is 2.71. The van der Waals surface area contributed by atoms with E-state index in [1.165, 1.54) is 6.92 Å². The summed E-state index contributed by atoms with van der Waals surface area (Å²) in [6, 6.07) is 6.94. The first-order valence-electron chi connectivity index (χ1n) is 5.38. The summed E-state index contributed by atoms with van der Waals surface area (Å²) in [4.78, 5) is 0. The zero-order chi connectivity index (χ0) is 12.5. The van der Waals surface area contributed by atoms with Crippen molar-refractivity contribution in [3.63, 3.8) is 0 Å². The summed E-state index contributed by atoms with van der Waals surface area (Å²) in [6.07, 6.45) is 0. The fourth-order valence-corrected chi connectivity index (χ4v) is 2.69. The molecule has 94 valence electrons. The van der Waals surface area contributed by atoms with E-state index in [2.05, 4.69) is 4.72 Å². The number of sulfonamides is 1. The molecule has 0 saturated heterocycles. The second kappa shape index (κ2) is 4.64. The Bertz CT molecular complexity index is 500. The Morgan fingerprint density at radius 3 is 2.94 bits per heavy atom. The molecule has 0 aliphatic carbocycles. The van der Waals surface area contributed by atoms with Crippen LogP contribution in [0.25, 0.3) is 0 Å². The van der Waals surface area contributed by atoms with E-state index in [4.69, 9.17) is 9.84 Å². The van der Waals surface area contributed by atoms with Crippen LogP contribution in [0.2, 0.25) is 0 Å². The van der Waals surface area contributed by atoms with Crippen LogP contribution in [0.15, 0.2) is 24.3 Å². The second-order valence-corrected chi connectivity index (χ2v) is 6.19. The van der Waals surface area contributed by atoms with E-state index in [1.54, 1.807) is 6.07 Å². The molecular formula is C11H15NO4S. The van der Waals surface area contributed by atoms with Gasteiger partial charge in [0.1, 0.15) is 12.4 Å². The molecule has 1 aliphatic rings. The molecule has 6 heteroatoms. The monoisotopic (exact) mass is 257 g/mol. The third kappa shape index (κ3) is 2.43. The highest BCUT2D eigenvalue weighted by atomic mass is 32.2. The summed E-state index contributed by atoms with van der Waals surface area (Å²) in [7, 11) is -3.52. The van der Waals surface area contributed by atoms with Gasteiger partial charge >= 0.3 is 0 Å². The van der Waals surface area contributed by atoms with Crippen molar-refractivity contribution in [2.45, 2.75) is 18.2 Å². The van der Waals surface area contributed by atoms with Crippen LogP contribution in [0.1, 0.15) is 18.5 Å². The minimum atomic E-state index is -3.52. The number of aliphatic hydroxyl groups is 1. The van der Waals surface area contributed by atoms with E-state index >= 15 is 0 Å². The molecule has 1 aliphatic heterocycles. The molecule has 1 heterocycles. The number of benzene rings is 1. The highest BCUT2D eigenvalue weighted by Crippen LogP contribution is 2.32. The normalized spacial score (nSPS) is 20.7. The molecule has 0 radical (unpaired) electrons. The second-order valence-electron chi connectivity index (χ2n) is 4.06. The topological polar surface area (TPSA) is 75.6 Å². The smallest absolute Gasteiger partial charge is 0.217 e. The molecule has 0 spiro atoms. The van der Waals surface area contributed by atoms with Crippen molar-refractivity contribution in [1.82, 2.24) is 4.72 Å². The Labute approximate surface area is 100 Å². The first-order chi connectivity index (χ1) is 8.04. The number of nitrogens with one attached hydrogen (secondary N) is 1. The van der Waals surface area contributed by atoms with Gasteiger partial charge in [-0.25, -0.2) is 13.1 Å². The summed E-state index contributed by atoms with van der Waals surface area (Å²) in [5.41, 5.74) is 0.834. The zero-order valence-corrected chi connectivity index (χ0v) is 10.3. The number of rotatable bonds is 4. The molecule has 1 aromatic carbocycles. The maximum absolute atomic E-state index is 11.8. The first-order valence-corrected chi connectivity index (χ1v) is 6.93. The van der Waals surface area contributed by atoms with E-state index in [1.807, 2.05) is 18.2 Å². The quantitative estimate of drug-likeness (QED) is 0.819. The Balaban J connectivity index is 2.18. The van der Waals surface area contributed by atoms with Crippen LogP contribution in [-0.2, 0) is 10.0 Å². The standard InChI is InChI=1S/C11H15NO4S/c1-8(6-13)17(14,15)12-10-7-16-11-5-3-2-4-9(10)11/h2-5,8,10,12-13H,6-7H2,1H3. The van der Waals surface area contributed by atoms with Crippen molar-refractivity contribution in [3.8, 4) is 5.75 Å². The highest BCUT2D eigenvalue weighted by Gasteiger charge is 2.30. The fourth-order valence-electron chi connectivity index (χ4n) is 1.67. The minimum Gasteiger partial charge on any atom is -0.491 e. The predicted molar refractivity (Wildman–Crippen MR) is 63.3 cm³/mol. The van der Waals surface area contributed by atoms with Crippen molar-refractivity contribution < 1.29 is 18.3 Å². The first kappa shape index (κ1) is 12.3. The molecule has 2 N–H and O–H groups in total. The highest BCUT2D eigenvalue weighted by molar-refractivity contribution is 7.90. The lowest BCUT2D eigenvalue weighted by Crippen LogP contribution is -2.37. The number of hydrogen-bond donors (Lipinski definition) is 2. The van der Waals surface area contributed by atoms with Crippen molar-refractivity contribution >= 4 is 10.0 Å². The molecule has 0 aromatic heterocycles. The van der Waals surface area contributed by atoms with E-state index in [-0.39, 0.29) is 12.6 Å². The molecule has 2 unspecified atom stereocenters. The number of ether oxygens (including phenoxy) is 1. The lowest BCUT2D eigenvalue weighted by molar-refractivity contribution is 0.292. The number of hydrogen-bond acceptors (Lipinski definition) is 4. The molecule has 0 fully saturated rings. The Kier molecular flexibility index (Phi) is 3.37. The van der Waals surface area contributed by atoms with Gasteiger partial charge in [-0.2, -0.15) is 0 Å². The third-order valence-electron chi connectivity index (χ3n) is 2.79. The van der Waals surface area contributed by atoms with Gasteiger partial charge in [-0.3, -0.25) is 0 Å². The summed E-state index contributed by atoms with van der Waals surface area (Å²) in [5, 5.41) is 8.07. The lowest BCUT2D eigenvalue weighted by atomic mass is 10.1. The summed E-state index contributed by atoms with van der Waals surface area (Å²) in [6.45, 7) is 1.35. The van der Waals surface area contributed by atoms with Crippen LogP contribution in [-0.4, -0.2) is 32.0 Å². The maximum Gasteiger partial charge on any atom is 0.217 e. The van der Waals surface area contributed by atoms with Crippen molar-refractivity contribution in [1.29, 1.82) is 0 Å². The minimum absolute atomic E-state index is 0.288. The molecule has 0 saturated carbocycles. The molecule has 0 bridgehead atoms. The van der Waals surface area contributed by atoms with Gasteiger partial charge in [-0.15, -0.1) is 0 Å². The molecule has 2 rings (SSSR count). The van der Waals surface area contributed by atoms with Crippen molar-refractivity contribution in [3.05, 3.63) is 29.8 Å². The van der Waals surface area contributed by atoms with E-state index in [0.29, 0.717) is 5.75 Å². The molecule has 0 amide bonds. The molecule has 5 nitrogen and oxygen atoms in total. The lowest BCUT2D eigenvalue weighted by Gasteiger charge is -2.15. The van der Waals surface area contributed by atoms with Gasteiger partial charge in [0.05, 0.1) is 17.9 Å². The van der Waals surface area contributed by atoms with Gasteiger partial charge in [0.25, 0.3) is 0 Å². The molecule has 1 aromatic rings. The fraction of sp³-hybridized carbons (Fsp3) is 0.455. The SMILES string of the molecule is CC(CO)S(=O)(=O)NC1COc2ccccc21. The van der Waals surface area contributed by atoms with Crippen molar-refractivity contribution in [2.24, 2.45) is 0 Å². The van der Waals surface area contributed by atoms with Gasteiger partial charge < -0.3 is 9.84 Å². The average molecular weight is 257 g/mol. The Morgan fingerprint density at radius 1 is 1.53 bits per heavy atom. The van der Waals surface area contributed by atoms with Crippen LogP contribution in [0.4, 0.5) is 0 Å². The maximum atomic E-state index is 11.8. The Morgan fingerprint density at radius 2 is 2.24 bits per heavy atom. The van der Waals surface area contributed by atoms with Crippen LogP contribution in [0.3, 0.4) is 0 Å². The summed E-state index contributed by atoms with van der Waals surface area (Å²) >= 11 is 0. The summed E-state index contributed by atoms with van der Waals surface area (Å²) < 4.78 is 31.5. The van der Waals surface area contributed by atoms with Crippen molar-refractivity contribution in [2.75, 3.05) is 13.2 Å². The van der Waals surface area contributed by atoms with E-state index in [9.17, 15) is 8.42 Å². The van der Waals surface area contributed by atoms with Crippen LogP contribution in [0.5, 0.6) is 5.75 Å². The largest absolute Gasteiger partial charge is 0.491 e. The predicted octanol–water partition coefficient (Wildman–Crippen LogP) is 0.420. The molecule has 2 atom stereocenters. The Hall–Kier alpha value is -1.11. The van der Waals surface area contributed by atoms with Gasteiger partial charge in [-0.05, 0) is 13.0 Å². The molecule has 17 heavy (non-hydrogen) atoms. The zero-order valence-electron chi connectivity index (χ0n) is 9.46. The van der Waals surface area contributed by atoms with Crippen LogP contribution in [0, 0.1) is 0 Å². The van der Waals surface area contributed by atoms with Gasteiger partial charge in [0.15, 0.2) is 0 Å². The number of para-hydroxylation sites is 1. The molecular weight excluding hydrogens is 242 g/mol. The number of fused-ring (bicyclic) bond motifs is 1.